The maximum atomic E-state index is 5.78. The van der Waals surface area contributed by atoms with Crippen LogP contribution < -0.4 is 5.32 Å². The molecule has 3 heteroatoms. The van der Waals surface area contributed by atoms with E-state index in [2.05, 4.69) is 39.1 Å². The standard InChI is InChI=1S/C18H33NO2/c1-6-7-8-9-10-11-20-14-16-12-17(21-15(16)2)13-19-18(3,4)5/h12,19H,6-11,13-14H2,1-5H3. The third-order valence-corrected chi connectivity index (χ3v) is 3.51. The Balaban J connectivity index is 2.24. The van der Waals surface area contributed by atoms with E-state index in [1.165, 1.54) is 31.2 Å². The minimum Gasteiger partial charge on any atom is -0.465 e. The van der Waals surface area contributed by atoms with Crippen LogP contribution in [0.1, 0.15) is 76.9 Å². The molecule has 0 aliphatic carbocycles. The van der Waals surface area contributed by atoms with Crippen LogP contribution >= 0.6 is 0 Å². The number of ether oxygens (including phenoxy) is 1. The Kier molecular flexibility index (Phi) is 8.05. The van der Waals surface area contributed by atoms with Crippen LogP contribution in [-0.4, -0.2) is 12.1 Å². The highest BCUT2D eigenvalue weighted by molar-refractivity contribution is 5.20. The topological polar surface area (TPSA) is 34.4 Å². The molecule has 1 heterocycles. The van der Waals surface area contributed by atoms with Crippen LogP contribution in [0.3, 0.4) is 0 Å². The molecule has 0 unspecified atom stereocenters. The van der Waals surface area contributed by atoms with Crippen molar-refractivity contribution >= 4 is 0 Å². The van der Waals surface area contributed by atoms with Crippen molar-refractivity contribution in [1.29, 1.82) is 0 Å². The van der Waals surface area contributed by atoms with Gasteiger partial charge < -0.3 is 14.5 Å². The normalized spacial score (nSPS) is 12.0. The zero-order chi connectivity index (χ0) is 15.7. The molecular formula is C18H33NO2. The molecule has 0 saturated carbocycles. The summed E-state index contributed by atoms with van der Waals surface area (Å²) in [6.45, 7) is 13.0. The van der Waals surface area contributed by atoms with Gasteiger partial charge in [-0.1, -0.05) is 32.6 Å². The lowest BCUT2D eigenvalue weighted by Gasteiger charge is -2.19. The lowest BCUT2D eigenvalue weighted by molar-refractivity contribution is 0.116. The van der Waals surface area contributed by atoms with Gasteiger partial charge in [-0.25, -0.2) is 0 Å². The van der Waals surface area contributed by atoms with Gasteiger partial charge in [0, 0.05) is 17.7 Å². The van der Waals surface area contributed by atoms with Crippen molar-refractivity contribution in [2.24, 2.45) is 0 Å². The van der Waals surface area contributed by atoms with Crippen molar-refractivity contribution in [2.45, 2.75) is 85.4 Å². The van der Waals surface area contributed by atoms with Crippen molar-refractivity contribution in [3.8, 4) is 0 Å². The Labute approximate surface area is 130 Å². The van der Waals surface area contributed by atoms with E-state index in [-0.39, 0.29) is 5.54 Å². The van der Waals surface area contributed by atoms with Gasteiger partial charge in [0.1, 0.15) is 11.5 Å². The zero-order valence-corrected chi connectivity index (χ0v) is 14.6. The summed E-state index contributed by atoms with van der Waals surface area (Å²) in [5, 5.41) is 3.44. The van der Waals surface area contributed by atoms with E-state index in [1.54, 1.807) is 0 Å². The number of rotatable bonds is 10. The molecule has 1 rings (SSSR count). The molecule has 122 valence electrons. The maximum absolute atomic E-state index is 5.78. The number of unbranched alkanes of at least 4 members (excludes halogenated alkanes) is 4. The highest BCUT2D eigenvalue weighted by Gasteiger charge is 2.12. The van der Waals surface area contributed by atoms with Crippen LogP contribution in [-0.2, 0) is 17.9 Å². The predicted molar refractivity (Wildman–Crippen MR) is 88.5 cm³/mol. The fourth-order valence-electron chi connectivity index (χ4n) is 2.16. The fourth-order valence-corrected chi connectivity index (χ4v) is 2.16. The highest BCUT2D eigenvalue weighted by atomic mass is 16.5. The molecule has 0 aromatic carbocycles. The predicted octanol–water partition coefficient (Wildman–Crippen LogP) is 4.96. The quantitative estimate of drug-likeness (QED) is 0.619. The average Bonchev–Trinajstić information content (AvgIpc) is 2.75. The summed E-state index contributed by atoms with van der Waals surface area (Å²) in [4.78, 5) is 0. The molecule has 21 heavy (non-hydrogen) atoms. The lowest BCUT2D eigenvalue weighted by atomic mass is 10.1. The zero-order valence-electron chi connectivity index (χ0n) is 14.6. The largest absolute Gasteiger partial charge is 0.465 e. The molecular weight excluding hydrogens is 262 g/mol. The molecule has 0 bridgehead atoms. The van der Waals surface area contributed by atoms with Crippen molar-refractivity contribution < 1.29 is 9.15 Å². The molecule has 1 aromatic rings. The monoisotopic (exact) mass is 295 g/mol. The van der Waals surface area contributed by atoms with Crippen molar-refractivity contribution in [1.82, 2.24) is 5.32 Å². The van der Waals surface area contributed by atoms with Crippen molar-refractivity contribution in [3.05, 3.63) is 23.2 Å². The Morgan fingerprint density at radius 3 is 2.52 bits per heavy atom. The maximum Gasteiger partial charge on any atom is 0.118 e. The molecule has 0 atom stereocenters. The van der Waals surface area contributed by atoms with Crippen LogP contribution in [0.4, 0.5) is 0 Å². The first kappa shape index (κ1) is 18.2. The van der Waals surface area contributed by atoms with E-state index in [1.807, 2.05) is 6.92 Å². The van der Waals surface area contributed by atoms with Crippen molar-refractivity contribution in [2.75, 3.05) is 6.61 Å². The van der Waals surface area contributed by atoms with E-state index >= 15 is 0 Å². The van der Waals surface area contributed by atoms with E-state index < -0.39 is 0 Å². The second kappa shape index (κ2) is 9.26. The smallest absolute Gasteiger partial charge is 0.118 e. The summed E-state index contributed by atoms with van der Waals surface area (Å²) in [7, 11) is 0. The third kappa shape index (κ3) is 8.27. The number of hydrogen-bond acceptors (Lipinski definition) is 3. The van der Waals surface area contributed by atoms with Crippen LogP contribution in [0.5, 0.6) is 0 Å². The van der Waals surface area contributed by atoms with E-state index in [0.717, 1.165) is 31.1 Å². The summed E-state index contributed by atoms with van der Waals surface area (Å²) in [5.41, 5.74) is 1.28. The Hall–Kier alpha value is -0.800. The van der Waals surface area contributed by atoms with Gasteiger partial charge in [-0.2, -0.15) is 0 Å². The van der Waals surface area contributed by atoms with E-state index in [0.29, 0.717) is 6.61 Å². The average molecular weight is 295 g/mol. The first-order valence-corrected chi connectivity index (χ1v) is 8.33. The number of hydrogen-bond donors (Lipinski definition) is 1. The fraction of sp³-hybridized carbons (Fsp3) is 0.778. The van der Waals surface area contributed by atoms with Gasteiger partial charge in [-0.3, -0.25) is 0 Å². The SMILES string of the molecule is CCCCCCCOCc1cc(CNC(C)(C)C)oc1C. The summed E-state index contributed by atoms with van der Waals surface area (Å²) < 4.78 is 11.5. The summed E-state index contributed by atoms with van der Waals surface area (Å²) in [6.07, 6.45) is 6.40. The van der Waals surface area contributed by atoms with Gasteiger partial charge in [0.05, 0.1) is 13.2 Å². The van der Waals surface area contributed by atoms with Gasteiger partial charge in [0.2, 0.25) is 0 Å². The third-order valence-electron chi connectivity index (χ3n) is 3.51. The number of furan rings is 1. The number of aryl methyl sites for hydroxylation is 1. The molecule has 0 spiro atoms. The molecule has 1 N–H and O–H groups in total. The van der Waals surface area contributed by atoms with Crippen LogP contribution in [0.15, 0.2) is 10.5 Å². The molecule has 3 nitrogen and oxygen atoms in total. The van der Waals surface area contributed by atoms with E-state index in [4.69, 9.17) is 9.15 Å². The van der Waals surface area contributed by atoms with Gasteiger partial charge in [-0.15, -0.1) is 0 Å². The van der Waals surface area contributed by atoms with Gasteiger partial charge in [0.15, 0.2) is 0 Å². The molecule has 0 radical (unpaired) electrons. The molecule has 0 fully saturated rings. The van der Waals surface area contributed by atoms with Crippen LogP contribution in [0, 0.1) is 6.92 Å². The molecule has 0 amide bonds. The van der Waals surface area contributed by atoms with Crippen molar-refractivity contribution in [3.63, 3.8) is 0 Å². The minimum absolute atomic E-state index is 0.107. The number of nitrogens with one attached hydrogen (secondary N) is 1. The summed E-state index contributed by atoms with van der Waals surface area (Å²) in [5.74, 6) is 1.97. The summed E-state index contributed by atoms with van der Waals surface area (Å²) >= 11 is 0. The first-order chi connectivity index (χ1) is 9.92. The van der Waals surface area contributed by atoms with E-state index in [9.17, 15) is 0 Å². The van der Waals surface area contributed by atoms with Gasteiger partial charge in [0.25, 0.3) is 0 Å². The van der Waals surface area contributed by atoms with Gasteiger partial charge in [-0.05, 0) is 40.2 Å². The second-order valence-corrected chi connectivity index (χ2v) is 6.86. The second-order valence-electron chi connectivity index (χ2n) is 6.86. The Bertz CT molecular complexity index is 390. The first-order valence-electron chi connectivity index (χ1n) is 8.33. The van der Waals surface area contributed by atoms with Gasteiger partial charge >= 0.3 is 0 Å². The Morgan fingerprint density at radius 1 is 1.14 bits per heavy atom. The lowest BCUT2D eigenvalue weighted by Crippen LogP contribution is -2.34. The Morgan fingerprint density at radius 2 is 1.86 bits per heavy atom. The molecule has 1 aromatic heterocycles. The van der Waals surface area contributed by atoms with Crippen LogP contribution in [0.25, 0.3) is 0 Å². The van der Waals surface area contributed by atoms with Crippen LogP contribution in [0.2, 0.25) is 0 Å². The summed E-state index contributed by atoms with van der Waals surface area (Å²) in [6, 6.07) is 2.12. The molecule has 0 aliphatic rings. The molecule has 0 saturated heterocycles. The highest BCUT2D eigenvalue weighted by Crippen LogP contribution is 2.16. The minimum atomic E-state index is 0.107. The molecule has 0 aliphatic heterocycles.